The lowest BCUT2D eigenvalue weighted by atomic mass is 9.94. The summed E-state index contributed by atoms with van der Waals surface area (Å²) in [6.07, 6.45) is 9.20. The number of aromatic carboxylic acids is 1. The zero-order chi connectivity index (χ0) is 25.9. The summed E-state index contributed by atoms with van der Waals surface area (Å²) >= 11 is 6.07. The summed E-state index contributed by atoms with van der Waals surface area (Å²) in [5, 5.41) is 13.6. The van der Waals surface area contributed by atoms with Crippen molar-refractivity contribution in [1.29, 1.82) is 0 Å². The molecule has 11 nitrogen and oxygen atoms in total. The molecule has 0 bridgehead atoms. The van der Waals surface area contributed by atoms with Crippen molar-refractivity contribution in [2.24, 2.45) is 5.92 Å². The lowest BCUT2D eigenvalue weighted by Gasteiger charge is -2.32. The van der Waals surface area contributed by atoms with Gasteiger partial charge in [-0.25, -0.2) is 34.1 Å². The fraction of sp³-hybridized carbons (Fsp3) is 0.292. The summed E-state index contributed by atoms with van der Waals surface area (Å²) in [6.45, 7) is 1.37. The molecule has 1 fully saturated rings. The Morgan fingerprint density at radius 3 is 2.81 bits per heavy atom. The first-order valence-corrected chi connectivity index (χ1v) is 12.0. The lowest BCUT2D eigenvalue weighted by molar-refractivity contribution is 0.0629. The normalized spacial score (nSPS) is 15.6. The molecule has 0 radical (unpaired) electrons. The van der Waals surface area contributed by atoms with E-state index in [1.54, 1.807) is 17.2 Å². The number of aromatic amines is 1. The van der Waals surface area contributed by atoms with Crippen LogP contribution in [0.2, 0.25) is 5.02 Å². The van der Waals surface area contributed by atoms with E-state index in [4.69, 9.17) is 11.6 Å². The molecule has 0 aliphatic carbocycles. The van der Waals surface area contributed by atoms with Gasteiger partial charge in [0.1, 0.15) is 5.65 Å². The third-order valence-electron chi connectivity index (χ3n) is 6.24. The highest BCUT2D eigenvalue weighted by molar-refractivity contribution is 6.31. The molecular weight excluding hydrogens is 503 g/mol. The highest BCUT2D eigenvalue weighted by atomic mass is 35.5. The van der Waals surface area contributed by atoms with E-state index in [2.05, 4.69) is 35.2 Å². The SMILES string of the molecule is O=C(O)c1nccnc1C(=O)N1CCC[C@H](CCNc2nc(-c3c[nH]c4ncc(Cl)cc34)ncc2F)C1. The van der Waals surface area contributed by atoms with Gasteiger partial charge in [-0.15, -0.1) is 0 Å². The molecule has 0 spiro atoms. The van der Waals surface area contributed by atoms with Crippen LogP contribution in [0.5, 0.6) is 0 Å². The van der Waals surface area contributed by atoms with E-state index >= 15 is 0 Å². The number of rotatable bonds is 7. The van der Waals surface area contributed by atoms with E-state index in [0.717, 1.165) is 24.4 Å². The van der Waals surface area contributed by atoms with Crippen molar-refractivity contribution in [3.63, 3.8) is 0 Å². The monoisotopic (exact) mass is 524 g/mol. The number of aromatic nitrogens is 6. The minimum absolute atomic E-state index is 0.0729. The van der Waals surface area contributed by atoms with Crippen molar-refractivity contribution in [3.05, 3.63) is 59.3 Å². The molecule has 5 heterocycles. The number of carbonyl (C=O) groups is 2. The highest BCUT2D eigenvalue weighted by Gasteiger charge is 2.28. The van der Waals surface area contributed by atoms with E-state index in [-0.39, 0.29) is 23.1 Å². The second kappa shape index (κ2) is 10.4. The first kappa shape index (κ1) is 24.5. The van der Waals surface area contributed by atoms with Gasteiger partial charge < -0.3 is 20.3 Å². The number of nitrogens with one attached hydrogen (secondary N) is 2. The molecule has 13 heteroatoms. The van der Waals surface area contributed by atoms with Crippen LogP contribution in [0.15, 0.2) is 37.1 Å². The predicted octanol–water partition coefficient (Wildman–Crippen LogP) is 3.66. The number of carboxylic acids is 1. The fourth-order valence-electron chi connectivity index (χ4n) is 4.46. The topological polar surface area (TPSA) is 150 Å². The maximum absolute atomic E-state index is 14.5. The fourth-order valence-corrected chi connectivity index (χ4v) is 4.62. The minimum Gasteiger partial charge on any atom is -0.476 e. The van der Waals surface area contributed by atoms with Crippen molar-refractivity contribution < 1.29 is 19.1 Å². The van der Waals surface area contributed by atoms with Crippen LogP contribution in [0.3, 0.4) is 0 Å². The molecule has 1 amide bonds. The zero-order valence-corrected chi connectivity index (χ0v) is 20.2. The largest absolute Gasteiger partial charge is 0.476 e. The Balaban J connectivity index is 1.24. The standard InChI is InChI=1S/C24H22ClFN8O3/c25-14-8-15-16(10-31-20(15)30-9-14)21-32-11-17(26)22(33-21)29-4-3-13-2-1-7-34(12-13)23(35)18-19(24(36)37)28-6-5-27-18/h5-6,8-11,13H,1-4,7,12H2,(H,30,31)(H,36,37)(H,29,32,33)/t13-/m1/s1. The number of hydrogen-bond acceptors (Lipinski definition) is 8. The van der Waals surface area contributed by atoms with Crippen molar-refractivity contribution in [3.8, 4) is 11.4 Å². The van der Waals surface area contributed by atoms with Crippen LogP contribution in [-0.4, -0.2) is 71.4 Å². The summed E-state index contributed by atoms with van der Waals surface area (Å²) in [5.41, 5.74) is 0.743. The number of fused-ring (bicyclic) bond motifs is 1. The van der Waals surface area contributed by atoms with Crippen LogP contribution >= 0.6 is 11.6 Å². The van der Waals surface area contributed by atoms with Crippen molar-refractivity contribution in [2.75, 3.05) is 25.0 Å². The zero-order valence-electron chi connectivity index (χ0n) is 19.5. The van der Waals surface area contributed by atoms with Gasteiger partial charge in [0.25, 0.3) is 5.91 Å². The van der Waals surface area contributed by atoms with E-state index in [0.29, 0.717) is 48.1 Å². The molecule has 0 unspecified atom stereocenters. The van der Waals surface area contributed by atoms with Gasteiger partial charge >= 0.3 is 5.97 Å². The van der Waals surface area contributed by atoms with Crippen LogP contribution < -0.4 is 5.32 Å². The summed E-state index contributed by atoms with van der Waals surface area (Å²) in [4.78, 5) is 49.4. The maximum atomic E-state index is 14.5. The third-order valence-corrected chi connectivity index (χ3v) is 6.44. The van der Waals surface area contributed by atoms with Gasteiger partial charge in [-0.1, -0.05) is 11.6 Å². The summed E-state index contributed by atoms with van der Waals surface area (Å²) in [6, 6.07) is 1.74. The molecule has 37 heavy (non-hydrogen) atoms. The molecule has 4 aromatic rings. The predicted molar refractivity (Wildman–Crippen MR) is 133 cm³/mol. The van der Waals surface area contributed by atoms with Crippen molar-refractivity contribution in [2.45, 2.75) is 19.3 Å². The van der Waals surface area contributed by atoms with Gasteiger partial charge in [-0.3, -0.25) is 4.79 Å². The van der Waals surface area contributed by atoms with Gasteiger partial charge in [0.05, 0.1) is 11.2 Å². The molecular formula is C24H22ClFN8O3. The van der Waals surface area contributed by atoms with E-state index in [1.165, 1.54) is 18.6 Å². The third kappa shape index (κ3) is 5.19. The van der Waals surface area contributed by atoms with E-state index in [1.807, 2.05) is 0 Å². The van der Waals surface area contributed by atoms with Gasteiger partial charge in [-0.2, -0.15) is 0 Å². The van der Waals surface area contributed by atoms with Crippen LogP contribution in [0, 0.1) is 11.7 Å². The Morgan fingerprint density at radius 1 is 1.19 bits per heavy atom. The number of carbonyl (C=O) groups excluding carboxylic acids is 1. The molecule has 5 rings (SSSR count). The molecule has 190 valence electrons. The Morgan fingerprint density at radius 2 is 2.00 bits per heavy atom. The van der Waals surface area contributed by atoms with Crippen LogP contribution in [0.25, 0.3) is 22.4 Å². The van der Waals surface area contributed by atoms with Crippen molar-refractivity contribution >= 4 is 40.3 Å². The molecule has 0 saturated carbocycles. The van der Waals surface area contributed by atoms with E-state index in [9.17, 15) is 19.1 Å². The first-order valence-electron chi connectivity index (χ1n) is 11.6. The van der Waals surface area contributed by atoms with Crippen LogP contribution in [-0.2, 0) is 0 Å². The van der Waals surface area contributed by atoms with Gasteiger partial charge in [0.15, 0.2) is 28.8 Å². The molecule has 1 aliphatic heterocycles. The summed E-state index contributed by atoms with van der Waals surface area (Å²) in [7, 11) is 0. The number of hydrogen-bond donors (Lipinski definition) is 3. The van der Waals surface area contributed by atoms with Crippen LogP contribution in [0.1, 0.15) is 40.2 Å². The van der Waals surface area contributed by atoms with Crippen LogP contribution in [0.4, 0.5) is 10.2 Å². The number of likely N-dealkylation sites (tertiary alicyclic amines) is 1. The average Bonchev–Trinajstić information content (AvgIpc) is 3.32. The highest BCUT2D eigenvalue weighted by Crippen LogP contribution is 2.28. The van der Waals surface area contributed by atoms with Gasteiger partial charge in [0, 0.05) is 55.4 Å². The average molecular weight is 525 g/mol. The Kier molecular flexibility index (Phi) is 6.91. The molecule has 0 aromatic carbocycles. The van der Waals surface area contributed by atoms with Gasteiger partial charge in [-0.05, 0) is 31.2 Å². The molecule has 1 saturated heterocycles. The number of nitrogens with zero attached hydrogens (tertiary/aromatic N) is 6. The second-order valence-electron chi connectivity index (χ2n) is 8.68. The summed E-state index contributed by atoms with van der Waals surface area (Å²) in [5.74, 6) is -1.79. The second-order valence-corrected chi connectivity index (χ2v) is 9.11. The number of halogens is 2. The Hall–Kier alpha value is -4.19. The Bertz CT molecular complexity index is 1480. The molecule has 3 N–H and O–H groups in total. The first-order chi connectivity index (χ1) is 17.9. The van der Waals surface area contributed by atoms with Gasteiger partial charge in [0.2, 0.25) is 0 Å². The number of anilines is 1. The van der Waals surface area contributed by atoms with Crippen molar-refractivity contribution in [1.82, 2.24) is 34.8 Å². The quantitative estimate of drug-likeness (QED) is 0.329. The number of carboxylic acid groups (broad SMARTS) is 1. The molecule has 4 aromatic heterocycles. The maximum Gasteiger partial charge on any atom is 0.356 e. The number of pyridine rings is 1. The molecule has 1 aliphatic rings. The van der Waals surface area contributed by atoms with E-state index < -0.39 is 17.7 Å². The lowest BCUT2D eigenvalue weighted by Crippen LogP contribution is -2.41. The smallest absolute Gasteiger partial charge is 0.356 e. The summed E-state index contributed by atoms with van der Waals surface area (Å²) < 4.78 is 14.5. The molecule has 1 atom stereocenters. The number of piperidine rings is 1. The Labute approximate surface area is 215 Å². The minimum atomic E-state index is -1.30. The number of amides is 1. The number of H-pyrrole nitrogens is 1.